The van der Waals surface area contributed by atoms with Crippen molar-refractivity contribution >= 4 is 47.5 Å². The van der Waals surface area contributed by atoms with Crippen LogP contribution in [0.2, 0.25) is 0 Å². The Bertz CT molecular complexity index is 1430. The molecule has 0 radical (unpaired) electrons. The van der Waals surface area contributed by atoms with Gasteiger partial charge in [0.15, 0.2) is 30.7 Å². The van der Waals surface area contributed by atoms with E-state index in [4.69, 9.17) is 57.8 Å². The third-order valence-electron chi connectivity index (χ3n) is 7.02. The van der Waals surface area contributed by atoms with E-state index < -0.39 is 116 Å². The van der Waals surface area contributed by atoms with Gasteiger partial charge in [-0.05, 0) is 24.3 Å². The van der Waals surface area contributed by atoms with Crippen molar-refractivity contribution in [2.24, 2.45) is 0 Å². The zero-order valence-corrected chi connectivity index (χ0v) is 28.9. The quantitative estimate of drug-likeness (QED) is 0.163. The molecule has 2 heterocycles. The van der Waals surface area contributed by atoms with E-state index in [1.807, 2.05) is 0 Å². The van der Waals surface area contributed by atoms with Crippen molar-refractivity contribution in [1.29, 1.82) is 0 Å². The highest BCUT2D eigenvalue weighted by Gasteiger charge is 2.58. The maximum Gasteiger partial charge on any atom is 0.303 e. The molecule has 19 heteroatoms. The zero-order chi connectivity index (χ0) is 38.0. The van der Waals surface area contributed by atoms with Crippen molar-refractivity contribution in [3.63, 3.8) is 0 Å². The molecule has 2 N–H and O–H groups in total. The van der Waals surface area contributed by atoms with Crippen LogP contribution in [0.25, 0.3) is 0 Å². The first kappa shape index (κ1) is 40.4. The van der Waals surface area contributed by atoms with Crippen LogP contribution in [-0.2, 0) is 80.9 Å². The van der Waals surface area contributed by atoms with Gasteiger partial charge in [0.2, 0.25) is 12.4 Å². The normalized spacial score (nSPS) is 28.6. The summed E-state index contributed by atoms with van der Waals surface area (Å²) in [6.07, 6.45) is -15.7. The van der Waals surface area contributed by atoms with E-state index in [9.17, 15) is 33.6 Å². The Balaban J connectivity index is 2.16. The zero-order valence-electron chi connectivity index (χ0n) is 28.9. The van der Waals surface area contributed by atoms with Gasteiger partial charge in [0, 0.05) is 54.2 Å². The van der Waals surface area contributed by atoms with Gasteiger partial charge < -0.3 is 57.8 Å². The maximum atomic E-state index is 12.5. The van der Waals surface area contributed by atoms with Gasteiger partial charge in [0.1, 0.15) is 37.3 Å². The molecule has 1 aromatic carbocycles. The first-order valence-corrected chi connectivity index (χ1v) is 15.6. The van der Waals surface area contributed by atoms with E-state index in [1.165, 1.54) is 24.3 Å². The van der Waals surface area contributed by atoms with Gasteiger partial charge in [-0.15, -0.1) is 0 Å². The molecule has 2 saturated heterocycles. The molecule has 1 aromatic rings. The summed E-state index contributed by atoms with van der Waals surface area (Å²) in [5.41, 5.74) is 6.19. The van der Waals surface area contributed by atoms with Gasteiger partial charge in [-0.3, -0.25) is 33.6 Å². The molecule has 2 aliphatic rings. The van der Waals surface area contributed by atoms with Gasteiger partial charge >= 0.3 is 41.8 Å². The second-order valence-corrected chi connectivity index (χ2v) is 11.3. The number of carbonyl (C=O) groups excluding carboxylic acids is 7. The molecular formula is C32H41NO18. The van der Waals surface area contributed by atoms with Crippen LogP contribution in [0.5, 0.6) is 5.75 Å². The Kier molecular flexibility index (Phi) is 14.5. The van der Waals surface area contributed by atoms with Crippen molar-refractivity contribution in [3.05, 3.63) is 24.3 Å². The topological polar surface area (TPSA) is 247 Å². The number of carbonyl (C=O) groups is 7. The van der Waals surface area contributed by atoms with Crippen LogP contribution in [0, 0.1) is 0 Å². The molecule has 3 rings (SSSR count). The fourth-order valence-corrected chi connectivity index (χ4v) is 5.25. The lowest BCUT2D eigenvalue weighted by atomic mass is 9.96. The van der Waals surface area contributed by atoms with Gasteiger partial charge in [0.05, 0.1) is 0 Å². The largest absolute Gasteiger partial charge is 0.463 e. The Morgan fingerprint density at radius 3 is 1.33 bits per heavy atom. The highest BCUT2D eigenvalue weighted by Crippen LogP contribution is 2.36. The monoisotopic (exact) mass is 727 g/mol. The number of ether oxygens (including phenoxy) is 11. The van der Waals surface area contributed by atoms with Crippen molar-refractivity contribution < 1.29 is 85.7 Å². The van der Waals surface area contributed by atoms with Crippen molar-refractivity contribution in [1.82, 2.24) is 0 Å². The maximum absolute atomic E-state index is 12.5. The minimum Gasteiger partial charge on any atom is -0.463 e. The molecule has 0 saturated carbocycles. The van der Waals surface area contributed by atoms with Crippen LogP contribution in [-0.4, -0.2) is 116 Å². The highest BCUT2D eigenvalue weighted by atomic mass is 16.8. The molecule has 0 amide bonds. The number of nitrogen functional groups attached to an aromatic ring is 1. The summed E-state index contributed by atoms with van der Waals surface area (Å²) >= 11 is 0. The second-order valence-electron chi connectivity index (χ2n) is 11.3. The lowest BCUT2D eigenvalue weighted by molar-refractivity contribution is -0.354. The van der Waals surface area contributed by atoms with Crippen LogP contribution >= 0.6 is 0 Å². The number of anilines is 1. The summed E-state index contributed by atoms with van der Waals surface area (Å²) in [6.45, 7) is 6.33. The average molecular weight is 728 g/mol. The van der Waals surface area contributed by atoms with Gasteiger partial charge in [-0.25, -0.2) is 0 Å². The summed E-state index contributed by atoms with van der Waals surface area (Å²) in [6, 6.07) is 6.03. The van der Waals surface area contributed by atoms with Gasteiger partial charge in [-0.2, -0.15) is 0 Å². The number of rotatable bonds is 13. The van der Waals surface area contributed by atoms with Crippen LogP contribution in [0.3, 0.4) is 0 Å². The molecule has 0 aromatic heterocycles. The van der Waals surface area contributed by atoms with Gasteiger partial charge in [-0.1, -0.05) is 0 Å². The van der Waals surface area contributed by atoms with Crippen molar-refractivity contribution in [2.45, 2.75) is 110 Å². The molecule has 0 aliphatic carbocycles. The summed E-state index contributed by atoms with van der Waals surface area (Å²) in [7, 11) is 0. The third-order valence-corrected chi connectivity index (χ3v) is 7.02. The third kappa shape index (κ3) is 12.1. The molecule has 2 fully saturated rings. The SMILES string of the molecule is CC(=O)OC[C@H]1O[C@@H](O[C@H]2[C@H](OC(C)=O)[C@@H](OC(C)=O)[C@@H](Oc3ccc(N)cc3)O[C@@H]2COC(C)=O)[C@H](OC(C)=O)[C@@H](OC(C)=O)[C@@H]1OC(C)=O. The molecular weight excluding hydrogens is 686 g/mol. The first-order valence-electron chi connectivity index (χ1n) is 15.6. The molecule has 282 valence electrons. The minimum atomic E-state index is -1.80. The molecule has 0 unspecified atom stereocenters. The minimum absolute atomic E-state index is 0.193. The highest BCUT2D eigenvalue weighted by molar-refractivity contribution is 5.69. The smallest absolute Gasteiger partial charge is 0.303 e. The van der Waals surface area contributed by atoms with Crippen molar-refractivity contribution in [2.75, 3.05) is 18.9 Å². The Hall–Kier alpha value is -5.01. The summed E-state index contributed by atoms with van der Waals surface area (Å²) in [5.74, 6) is -5.71. The molecule has 51 heavy (non-hydrogen) atoms. The molecule has 0 bridgehead atoms. The van der Waals surface area contributed by atoms with Crippen LogP contribution in [0.4, 0.5) is 5.69 Å². The lowest BCUT2D eigenvalue weighted by Crippen LogP contribution is -2.67. The second kappa shape index (κ2) is 18.3. The van der Waals surface area contributed by atoms with E-state index in [-0.39, 0.29) is 5.75 Å². The molecule has 19 nitrogen and oxygen atoms in total. The molecule has 10 atom stereocenters. The predicted molar refractivity (Wildman–Crippen MR) is 165 cm³/mol. The average Bonchev–Trinajstić information content (AvgIpc) is 3.00. The Morgan fingerprint density at radius 1 is 0.510 bits per heavy atom. The number of esters is 7. The van der Waals surface area contributed by atoms with Gasteiger partial charge in [0.25, 0.3) is 0 Å². The number of nitrogens with two attached hydrogens (primary N) is 1. The fraction of sp³-hybridized carbons (Fsp3) is 0.594. The number of benzene rings is 1. The van der Waals surface area contributed by atoms with E-state index in [0.717, 1.165) is 48.5 Å². The van der Waals surface area contributed by atoms with Crippen molar-refractivity contribution in [3.8, 4) is 5.75 Å². The standard InChI is InChI=1S/C32H41NO18/c1-14(34)41-12-23-25(43-16(3)36)27(44-17(4)37)30(47-20(7)40)32(50-23)51-26-24(13-42-15(2)35)49-31(48-22-10-8-21(33)9-11-22)29(46-19(6)39)28(26)45-18(5)38/h8-11,23-32H,12-13,33H2,1-7H3/t23-,24-,25-,26-,27+,28+,29-,30-,31+,32+/m1/s1. The molecule has 2 aliphatic heterocycles. The number of hydrogen-bond acceptors (Lipinski definition) is 19. The molecule has 0 spiro atoms. The summed E-state index contributed by atoms with van der Waals surface area (Å²) < 4.78 is 62.3. The van der Waals surface area contributed by atoms with Crippen LogP contribution < -0.4 is 10.5 Å². The van der Waals surface area contributed by atoms with E-state index in [2.05, 4.69) is 0 Å². The van der Waals surface area contributed by atoms with E-state index >= 15 is 0 Å². The van der Waals surface area contributed by atoms with Crippen LogP contribution in [0.15, 0.2) is 24.3 Å². The summed E-state index contributed by atoms with van der Waals surface area (Å²) in [5, 5.41) is 0. The number of hydrogen-bond donors (Lipinski definition) is 1. The fourth-order valence-electron chi connectivity index (χ4n) is 5.25. The van der Waals surface area contributed by atoms with E-state index in [1.54, 1.807) is 0 Å². The van der Waals surface area contributed by atoms with Crippen LogP contribution in [0.1, 0.15) is 48.5 Å². The lowest BCUT2D eigenvalue weighted by Gasteiger charge is -2.48. The summed E-state index contributed by atoms with van der Waals surface area (Å²) in [4.78, 5) is 85.4. The predicted octanol–water partition coefficient (Wildman–Crippen LogP) is 0.267. The Morgan fingerprint density at radius 2 is 0.882 bits per heavy atom. The first-order chi connectivity index (χ1) is 23.9. The van der Waals surface area contributed by atoms with E-state index in [0.29, 0.717) is 5.69 Å². The Labute approximate surface area is 292 Å².